The van der Waals surface area contributed by atoms with E-state index in [1.807, 2.05) is 0 Å². The Hall–Kier alpha value is -2.09. The van der Waals surface area contributed by atoms with Crippen molar-refractivity contribution in [2.45, 2.75) is 33.1 Å². The summed E-state index contributed by atoms with van der Waals surface area (Å²) in [7, 11) is 2.10. The quantitative estimate of drug-likeness (QED) is 0.795. The van der Waals surface area contributed by atoms with Crippen LogP contribution in [0.3, 0.4) is 0 Å². The van der Waals surface area contributed by atoms with E-state index < -0.39 is 0 Å². The molecule has 0 aromatic carbocycles. The predicted molar refractivity (Wildman–Crippen MR) is 109 cm³/mol. The molecule has 4 heterocycles. The molecule has 2 aromatic heterocycles. The molecule has 0 radical (unpaired) electrons. The molecule has 0 saturated carbocycles. The summed E-state index contributed by atoms with van der Waals surface area (Å²) < 4.78 is 7.69. The Morgan fingerprint density at radius 3 is 2.26 bits per heavy atom. The summed E-state index contributed by atoms with van der Waals surface area (Å²) in [6.07, 6.45) is 3.78. The van der Waals surface area contributed by atoms with Gasteiger partial charge in [0.05, 0.1) is 13.2 Å². The molecule has 0 unspecified atom stereocenters. The number of ether oxygens (including phenoxy) is 1. The molecule has 27 heavy (non-hydrogen) atoms. The number of rotatable bonds is 5. The van der Waals surface area contributed by atoms with Crippen molar-refractivity contribution in [2.24, 2.45) is 7.05 Å². The van der Waals surface area contributed by atoms with E-state index in [9.17, 15) is 0 Å². The fourth-order valence-electron chi connectivity index (χ4n) is 4.09. The van der Waals surface area contributed by atoms with Crippen molar-refractivity contribution in [3.63, 3.8) is 0 Å². The van der Waals surface area contributed by atoms with Gasteiger partial charge in [0.2, 0.25) is 11.9 Å². The van der Waals surface area contributed by atoms with E-state index in [2.05, 4.69) is 40.2 Å². The second-order valence-electron chi connectivity index (χ2n) is 7.31. The summed E-state index contributed by atoms with van der Waals surface area (Å²) in [6, 6.07) is 0. The Bertz CT molecular complexity index is 774. The van der Waals surface area contributed by atoms with Gasteiger partial charge in [0.15, 0.2) is 11.5 Å². The summed E-state index contributed by atoms with van der Waals surface area (Å²) in [6.45, 7) is 11.4. The van der Waals surface area contributed by atoms with Crippen molar-refractivity contribution in [2.75, 3.05) is 67.2 Å². The average Bonchev–Trinajstić information content (AvgIpc) is 3.07. The molecule has 0 N–H and O–H groups in total. The van der Waals surface area contributed by atoms with E-state index in [0.717, 1.165) is 81.4 Å². The molecule has 0 bridgehead atoms. The minimum atomic E-state index is 0.725. The third-order valence-electron chi connectivity index (χ3n) is 5.67. The summed E-state index contributed by atoms with van der Waals surface area (Å²) >= 11 is 0. The standard InChI is InChI=1S/C19H31N7O/c1-4-24(5-2)17-15-16(20-18(22-17)25-11-13-27-14-12-25)21-19(23(15)3)26-9-7-6-8-10-26/h4-14H2,1-3H3. The van der Waals surface area contributed by atoms with Crippen LogP contribution in [-0.2, 0) is 11.8 Å². The van der Waals surface area contributed by atoms with Crippen LogP contribution in [0.25, 0.3) is 11.2 Å². The average molecular weight is 374 g/mol. The molecular formula is C19H31N7O. The van der Waals surface area contributed by atoms with Crippen molar-refractivity contribution >= 4 is 28.9 Å². The van der Waals surface area contributed by atoms with Gasteiger partial charge in [-0.3, -0.25) is 0 Å². The molecule has 8 heteroatoms. The first kappa shape index (κ1) is 18.3. The number of morpholine rings is 1. The topological polar surface area (TPSA) is 62.6 Å². The van der Waals surface area contributed by atoms with Crippen LogP contribution in [-0.4, -0.2) is 72.0 Å². The van der Waals surface area contributed by atoms with E-state index in [-0.39, 0.29) is 0 Å². The smallest absolute Gasteiger partial charge is 0.229 e. The van der Waals surface area contributed by atoms with Gasteiger partial charge in [-0.05, 0) is 33.1 Å². The van der Waals surface area contributed by atoms with Gasteiger partial charge in [0.25, 0.3) is 0 Å². The van der Waals surface area contributed by atoms with Crippen molar-refractivity contribution in [1.82, 2.24) is 19.5 Å². The van der Waals surface area contributed by atoms with Gasteiger partial charge in [0, 0.05) is 46.3 Å². The zero-order valence-corrected chi connectivity index (χ0v) is 16.8. The molecule has 2 aromatic rings. The van der Waals surface area contributed by atoms with Crippen LogP contribution in [0.5, 0.6) is 0 Å². The Kier molecular flexibility index (Phi) is 5.33. The second kappa shape index (κ2) is 7.88. The molecule has 0 spiro atoms. The number of nitrogens with zero attached hydrogens (tertiary/aromatic N) is 7. The Balaban J connectivity index is 1.82. The molecule has 2 fully saturated rings. The lowest BCUT2D eigenvalue weighted by atomic mass is 10.1. The lowest BCUT2D eigenvalue weighted by Gasteiger charge is -2.29. The van der Waals surface area contributed by atoms with E-state index in [1.165, 1.54) is 19.3 Å². The van der Waals surface area contributed by atoms with Gasteiger partial charge in [-0.15, -0.1) is 0 Å². The van der Waals surface area contributed by atoms with Gasteiger partial charge in [-0.1, -0.05) is 0 Å². The van der Waals surface area contributed by atoms with Crippen LogP contribution in [0.4, 0.5) is 17.7 Å². The van der Waals surface area contributed by atoms with Crippen LogP contribution in [0.1, 0.15) is 33.1 Å². The number of anilines is 3. The first-order chi connectivity index (χ1) is 13.2. The SMILES string of the molecule is CCN(CC)c1nc(N2CCOCC2)nc2nc(N3CCCCC3)n(C)c12. The zero-order valence-electron chi connectivity index (χ0n) is 16.8. The number of aromatic nitrogens is 4. The third-order valence-corrected chi connectivity index (χ3v) is 5.67. The highest BCUT2D eigenvalue weighted by Crippen LogP contribution is 2.31. The Morgan fingerprint density at radius 1 is 0.889 bits per heavy atom. The zero-order chi connectivity index (χ0) is 18.8. The number of imidazole rings is 1. The fraction of sp³-hybridized carbons (Fsp3) is 0.737. The van der Waals surface area contributed by atoms with Crippen molar-refractivity contribution in [3.05, 3.63) is 0 Å². The van der Waals surface area contributed by atoms with Gasteiger partial charge >= 0.3 is 0 Å². The molecular weight excluding hydrogens is 342 g/mol. The highest BCUT2D eigenvalue weighted by Gasteiger charge is 2.25. The molecule has 2 saturated heterocycles. The summed E-state index contributed by atoms with van der Waals surface area (Å²) in [5.74, 6) is 2.78. The first-order valence-corrected chi connectivity index (χ1v) is 10.3. The normalized spacial score (nSPS) is 18.3. The van der Waals surface area contributed by atoms with Gasteiger partial charge in [0.1, 0.15) is 5.52 Å². The van der Waals surface area contributed by atoms with E-state index in [1.54, 1.807) is 0 Å². The summed E-state index contributed by atoms with van der Waals surface area (Å²) in [5, 5.41) is 0. The molecule has 2 aliphatic heterocycles. The lowest BCUT2D eigenvalue weighted by Crippen LogP contribution is -2.37. The van der Waals surface area contributed by atoms with Crippen LogP contribution in [0.15, 0.2) is 0 Å². The third kappa shape index (κ3) is 3.42. The molecule has 4 rings (SSSR count). The van der Waals surface area contributed by atoms with Crippen LogP contribution in [0, 0.1) is 0 Å². The number of fused-ring (bicyclic) bond motifs is 1. The monoisotopic (exact) mass is 373 g/mol. The number of aryl methyl sites for hydroxylation is 1. The summed E-state index contributed by atoms with van der Waals surface area (Å²) in [4.78, 5) is 21.7. The van der Waals surface area contributed by atoms with Gasteiger partial charge in [-0.25, -0.2) is 0 Å². The number of piperidine rings is 1. The lowest BCUT2D eigenvalue weighted by molar-refractivity contribution is 0.122. The molecule has 0 atom stereocenters. The highest BCUT2D eigenvalue weighted by molar-refractivity contribution is 5.87. The fourth-order valence-corrected chi connectivity index (χ4v) is 4.09. The molecule has 0 aliphatic carbocycles. The van der Waals surface area contributed by atoms with Crippen LogP contribution < -0.4 is 14.7 Å². The molecule has 8 nitrogen and oxygen atoms in total. The Labute approximate surface area is 161 Å². The largest absolute Gasteiger partial charge is 0.378 e. The highest BCUT2D eigenvalue weighted by atomic mass is 16.5. The minimum Gasteiger partial charge on any atom is -0.378 e. The maximum atomic E-state index is 5.50. The molecule has 148 valence electrons. The van der Waals surface area contributed by atoms with Gasteiger partial charge in [-0.2, -0.15) is 15.0 Å². The van der Waals surface area contributed by atoms with E-state index >= 15 is 0 Å². The second-order valence-corrected chi connectivity index (χ2v) is 7.31. The predicted octanol–water partition coefficient (Wildman–Crippen LogP) is 2.04. The van der Waals surface area contributed by atoms with Crippen LogP contribution >= 0.6 is 0 Å². The van der Waals surface area contributed by atoms with Crippen LogP contribution in [0.2, 0.25) is 0 Å². The maximum absolute atomic E-state index is 5.50. The van der Waals surface area contributed by atoms with E-state index in [4.69, 9.17) is 19.7 Å². The molecule has 2 aliphatic rings. The van der Waals surface area contributed by atoms with Crippen molar-refractivity contribution in [3.8, 4) is 0 Å². The van der Waals surface area contributed by atoms with Crippen molar-refractivity contribution < 1.29 is 4.74 Å². The number of hydrogen-bond acceptors (Lipinski definition) is 7. The maximum Gasteiger partial charge on any atom is 0.229 e. The first-order valence-electron chi connectivity index (χ1n) is 10.3. The van der Waals surface area contributed by atoms with Crippen molar-refractivity contribution in [1.29, 1.82) is 0 Å². The molecule has 0 amide bonds. The Morgan fingerprint density at radius 2 is 1.59 bits per heavy atom. The minimum absolute atomic E-state index is 0.725. The summed E-state index contributed by atoms with van der Waals surface area (Å²) in [5.41, 5.74) is 1.84. The van der Waals surface area contributed by atoms with E-state index in [0.29, 0.717) is 0 Å². The number of hydrogen-bond donors (Lipinski definition) is 0. The van der Waals surface area contributed by atoms with Gasteiger partial charge < -0.3 is 24.0 Å².